The Hall–Kier alpha value is -2.22. The SMILES string of the molecule is CC(=O)N[C@H]1[C@H](O[C@H]2[C@H](O)[C@@H](NC(C)=O)C(O)O[C@@H]2CO)O[C@H](CO)[C@@H](O[C@@H]2O[C@H](CO)[C@@H](O)[C@H](O[C@H]3O[C@H](CO)[C@@H](O)[C@H](O)[C@@H]3O[C@H]3O[C@H](CO)[C@@H](O)[C@H](O)[C@@H]3O[C@H]3O[C@H](CO)[C@@H](O)[C@H](O)[C@@H]3O)[C@@H]2O)[C@@H]1O. The fourth-order valence-electron chi connectivity index (χ4n) is 9.28. The molecule has 33 heteroatoms. The number of aliphatic hydroxyl groups is 18. The molecule has 6 rings (SSSR count). The van der Waals surface area contributed by atoms with Crippen LogP contribution < -0.4 is 10.6 Å². The second-order valence-electron chi connectivity index (χ2n) is 18.2. The van der Waals surface area contributed by atoms with E-state index in [4.69, 9.17) is 52.1 Å². The van der Waals surface area contributed by atoms with Gasteiger partial charge in [-0.15, -0.1) is 0 Å². The molecule has 0 spiro atoms. The number of hydrogen-bond donors (Lipinski definition) is 20. The van der Waals surface area contributed by atoms with Crippen molar-refractivity contribution in [3.63, 3.8) is 0 Å². The number of ether oxygens (including phenoxy) is 11. The van der Waals surface area contributed by atoms with Gasteiger partial charge >= 0.3 is 0 Å². The monoisotopic (exact) mass is 1070 g/mol. The standard InChI is InChI=1S/C40H68N2O31/c1-9(49)41-17-23(55)30(15(7-47)63-35(17)62)69-36-18(42-10(2)50)24(56)31(16(8-48)68-36)70-38-29(61)32(22(54)14(6-46)65-38)71-39-34(27(59)21(53)12(4-44)66-39)73-40-33(26(58)20(52)13(5-45)67-40)72-37-28(60)25(57)19(51)11(3-43)64-37/h11-40,43-48,51-62H,3-8H2,1-2H3,(H,41,49)(H,42,50)/t11-,12-,13-,14-,15-,16-,17-,18-,19-,20-,21-,22-,23-,24-,25+,26+,27+,28+,29+,30-,31-,32+,33+,34+,35?,36+,37-,38+,39-,40-/m1/s1. The largest absolute Gasteiger partial charge is 0.394 e. The Bertz CT molecular complexity index is 1750. The predicted octanol–water partition coefficient (Wildman–Crippen LogP) is -13.8. The fraction of sp³-hybridized carbons (Fsp3) is 0.950. The summed E-state index contributed by atoms with van der Waals surface area (Å²) >= 11 is 0. The van der Waals surface area contributed by atoms with Gasteiger partial charge in [0.15, 0.2) is 37.7 Å². The molecule has 424 valence electrons. The minimum absolute atomic E-state index is 0.709. The van der Waals surface area contributed by atoms with Crippen LogP contribution >= 0.6 is 0 Å². The Labute approximate surface area is 413 Å². The third-order valence-electron chi connectivity index (χ3n) is 13.2. The Morgan fingerprint density at radius 3 is 1.12 bits per heavy atom. The molecule has 73 heavy (non-hydrogen) atoms. The van der Waals surface area contributed by atoms with Gasteiger partial charge in [0, 0.05) is 13.8 Å². The molecule has 0 aromatic heterocycles. The lowest BCUT2D eigenvalue weighted by atomic mass is 9.94. The van der Waals surface area contributed by atoms with Crippen molar-refractivity contribution in [2.45, 2.75) is 198 Å². The number of carbonyl (C=O) groups excluding carboxylic acids is 2. The average molecular weight is 1070 g/mol. The van der Waals surface area contributed by atoms with Crippen molar-refractivity contribution in [1.82, 2.24) is 10.6 Å². The van der Waals surface area contributed by atoms with Gasteiger partial charge in [-0.25, -0.2) is 0 Å². The third kappa shape index (κ3) is 12.9. The topological polar surface area (TPSA) is 524 Å². The molecular formula is C40H68N2O31. The van der Waals surface area contributed by atoms with Crippen LogP contribution in [0.25, 0.3) is 0 Å². The van der Waals surface area contributed by atoms with E-state index in [1.54, 1.807) is 0 Å². The van der Waals surface area contributed by atoms with Crippen molar-refractivity contribution < 1.29 is 154 Å². The molecule has 2 amide bonds. The number of aliphatic hydroxyl groups excluding tert-OH is 18. The highest BCUT2D eigenvalue weighted by Crippen LogP contribution is 2.37. The second-order valence-corrected chi connectivity index (χ2v) is 18.2. The molecule has 0 radical (unpaired) electrons. The zero-order valence-electron chi connectivity index (χ0n) is 38.9. The number of carbonyl (C=O) groups is 2. The Morgan fingerprint density at radius 2 is 0.658 bits per heavy atom. The van der Waals surface area contributed by atoms with Crippen LogP contribution in [0.1, 0.15) is 13.8 Å². The highest BCUT2D eigenvalue weighted by atomic mass is 16.8. The van der Waals surface area contributed by atoms with Gasteiger partial charge in [-0.1, -0.05) is 0 Å². The Morgan fingerprint density at radius 1 is 0.329 bits per heavy atom. The molecule has 0 aliphatic carbocycles. The maximum Gasteiger partial charge on any atom is 0.217 e. The van der Waals surface area contributed by atoms with E-state index in [1.807, 2.05) is 0 Å². The molecule has 0 saturated carbocycles. The van der Waals surface area contributed by atoms with Gasteiger partial charge in [-0.05, 0) is 0 Å². The summed E-state index contributed by atoms with van der Waals surface area (Å²) in [7, 11) is 0. The van der Waals surface area contributed by atoms with Crippen LogP contribution in [0.15, 0.2) is 0 Å². The summed E-state index contributed by atoms with van der Waals surface area (Å²) in [6.07, 6.45) is -54.5. The zero-order valence-corrected chi connectivity index (χ0v) is 38.9. The predicted molar refractivity (Wildman–Crippen MR) is 222 cm³/mol. The van der Waals surface area contributed by atoms with E-state index in [0.29, 0.717) is 0 Å². The van der Waals surface area contributed by atoms with Crippen molar-refractivity contribution in [2.75, 3.05) is 39.6 Å². The van der Waals surface area contributed by atoms with Gasteiger partial charge in [-0.3, -0.25) is 9.59 Å². The van der Waals surface area contributed by atoms with Crippen LogP contribution in [0.4, 0.5) is 0 Å². The van der Waals surface area contributed by atoms with Crippen molar-refractivity contribution in [2.24, 2.45) is 0 Å². The summed E-state index contributed by atoms with van der Waals surface area (Å²) in [5, 5.41) is 198. The van der Waals surface area contributed by atoms with E-state index in [1.165, 1.54) is 0 Å². The summed E-state index contributed by atoms with van der Waals surface area (Å²) in [5.41, 5.74) is 0. The van der Waals surface area contributed by atoms with Crippen molar-refractivity contribution >= 4 is 11.8 Å². The van der Waals surface area contributed by atoms with Crippen LogP contribution in [-0.2, 0) is 61.7 Å². The quantitative estimate of drug-likeness (QED) is 0.0606. The lowest BCUT2D eigenvalue weighted by molar-refractivity contribution is -0.406. The molecule has 0 aromatic carbocycles. The minimum Gasteiger partial charge on any atom is -0.394 e. The van der Waals surface area contributed by atoms with Gasteiger partial charge in [0.05, 0.1) is 39.6 Å². The number of nitrogens with one attached hydrogen (secondary N) is 2. The fourth-order valence-corrected chi connectivity index (χ4v) is 9.28. The average Bonchev–Trinajstić information content (AvgIpc) is 3.36. The van der Waals surface area contributed by atoms with Gasteiger partial charge in [-0.2, -0.15) is 0 Å². The highest BCUT2D eigenvalue weighted by Gasteiger charge is 2.58. The lowest BCUT2D eigenvalue weighted by Gasteiger charge is -2.50. The van der Waals surface area contributed by atoms with Gasteiger partial charge in [0.25, 0.3) is 0 Å². The first-order chi connectivity index (χ1) is 34.5. The molecule has 6 aliphatic rings. The molecular weight excluding hydrogens is 1000 g/mol. The minimum atomic E-state index is -2.28. The maximum absolute atomic E-state index is 12.5. The number of amides is 2. The van der Waals surface area contributed by atoms with Gasteiger partial charge in [0.2, 0.25) is 11.8 Å². The smallest absolute Gasteiger partial charge is 0.217 e. The molecule has 6 saturated heterocycles. The first-order valence-electron chi connectivity index (χ1n) is 23.1. The van der Waals surface area contributed by atoms with E-state index < -0.39 is 236 Å². The molecule has 20 N–H and O–H groups in total. The van der Waals surface area contributed by atoms with Crippen molar-refractivity contribution in [1.29, 1.82) is 0 Å². The Kier molecular flexibility index (Phi) is 21.3. The van der Waals surface area contributed by atoms with Gasteiger partial charge in [0.1, 0.15) is 146 Å². The van der Waals surface area contributed by atoms with Crippen LogP contribution in [0.2, 0.25) is 0 Å². The van der Waals surface area contributed by atoms with Crippen LogP contribution in [0.3, 0.4) is 0 Å². The number of rotatable bonds is 18. The summed E-state index contributed by atoms with van der Waals surface area (Å²) in [6, 6.07) is -3.24. The van der Waals surface area contributed by atoms with Crippen molar-refractivity contribution in [3.05, 3.63) is 0 Å². The lowest BCUT2D eigenvalue weighted by Crippen LogP contribution is -2.70. The summed E-state index contributed by atoms with van der Waals surface area (Å²) in [6.45, 7) is -3.83. The van der Waals surface area contributed by atoms with Gasteiger partial charge < -0.3 is 155 Å². The van der Waals surface area contributed by atoms with Crippen LogP contribution in [-0.4, -0.2) is 327 Å². The summed E-state index contributed by atoms with van der Waals surface area (Å²) in [4.78, 5) is 24.3. The van der Waals surface area contributed by atoms with E-state index in [2.05, 4.69) is 10.6 Å². The van der Waals surface area contributed by atoms with Crippen LogP contribution in [0.5, 0.6) is 0 Å². The Balaban J connectivity index is 1.25. The van der Waals surface area contributed by atoms with Crippen molar-refractivity contribution in [3.8, 4) is 0 Å². The normalized spacial score (nSPS) is 49.8. The molecule has 6 heterocycles. The van der Waals surface area contributed by atoms with Crippen LogP contribution in [0, 0.1) is 0 Å². The second kappa shape index (κ2) is 26.0. The van der Waals surface area contributed by atoms with E-state index in [-0.39, 0.29) is 0 Å². The molecule has 0 bridgehead atoms. The first kappa shape index (κ1) is 60.0. The molecule has 6 aliphatic heterocycles. The summed E-state index contributed by atoms with van der Waals surface area (Å²) < 4.78 is 63.0. The first-order valence-corrected chi connectivity index (χ1v) is 23.1. The molecule has 33 nitrogen and oxygen atoms in total. The molecule has 1 unspecified atom stereocenters. The summed E-state index contributed by atoms with van der Waals surface area (Å²) in [5.74, 6) is -1.53. The maximum atomic E-state index is 12.5. The zero-order chi connectivity index (χ0) is 53.9. The van der Waals surface area contributed by atoms with E-state index in [0.717, 1.165) is 13.8 Å². The molecule has 6 fully saturated rings. The van der Waals surface area contributed by atoms with E-state index in [9.17, 15) is 102 Å². The highest BCUT2D eigenvalue weighted by molar-refractivity contribution is 5.73. The van der Waals surface area contributed by atoms with E-state index >= 15 is 0 Å². The molecule has 0 aromatic rings. The number of hydrogen-bond acceptors (Lipinski definition) is 31. The third-order valence-corrected chi connectivity index (χ3v) is 13.2. The molecule has 30 atom stereocenters.